The van der Waals surface area contributed by atoms with Gasteiger partial charge in [-0.25, -0.2) is 0 Å². The zero-order chi connectivity index (χ0) is 13.3. The van der Waals surface area contributed by atoms with E-state index in [1.807, 2.05) is 26.0 Å². The molecule has 0 aromatic heterocycles. The van der Waals surface area contributed by atoms with Crippen molar-refractivity contribution in [1.82, 2.24) is 0 Å². The van der Waals surface area contributed by atoms with Gasteiger partial charge in [0, 0.05) is 20.6 Å². The normalized spacial score (nSPS) is 10.4. The largest absolute Gasteiger partial charge is 0.289 e. The van der Waals surface area contributed by atoms with Gasteiger partial charge in [0.15, 0.2) is 5.78 Å². The molecule has 1 nitrogen and oxygen atoms in total. The zero-order valence-electron chi connectivity index (χ0n) is 10.1. The lowest BCUT2D eigenvalue weighted by Crippen LogP contribution is -2.02. The first kappa shape index (κ1) is 13.3. The Labute approximate surface area is 120 Å². The molecule has 0 heterocycles. The van der Waals surface area contributed by atoms with E-state index in [1.165, 1.54) is 0 Å². The molecule has 0 atom stereocenters. The fourth-order valence-corrected chi connectivity index (χ4v) is 2.29. The molecule has 0 saturated carbocycles. The molecule has 0 aliphatic rings. The maximum atomic E-state index is 12.3. The van der Waals surface area contributed by atoms with Gasteiger partial charge in [-0.05, 0) is 49.2 Å². The van der Waals surface area contributed by atoms with Gasteiger partial charge in [-0.2, -0.15) is 0 Å². The Kier molecular flexibility index (Phi) is 3.88. The minimum atomic E-state index is -0.00352. The number of rotatable bonds is 2. The van der Waals surface area contributed by atoms with E-state index in [9.17, 15) is 4.79 Å². The second-order valence-electron chi connectivity index (χ2n) is 4.26. The quantitative estimate of drug-likeness (QED) is 0.715. The zero-order valence-corrected chi connectivity index (χ0v) is 12.5. The Bertz CT molecular complexity index is 597. The van der Waals surface area contributed by atoms with Gasteiger partial charge in [0.2, 0.25) is 0 Å². The highest BCUT2D eigenvalue weighted by Crippen LogP contribution is 2.24. The fraction of sp³-hybridized carbons (Fsp3) is 0.133. The van der Waals surface area contributed by atoms with Gasteiger partial charge in [0.1, 0.15) is 0 Å². The number of hydrogen-bond donors (Lipinski definition) is 0. The summed E-state index contributed by atoms with van der Waals surface area (Å²) in [4.78, 5) is 12.3. The molecule has 0 amide bonds. The summed E-state index contributed by atoms with van der Waals surface area (Å²) in [6.45, 7) is 3.96. The molecule has 2 aromatic rings. The van der Waals surface area contributed by atoms with Crippen molar-refractivity contribution in [3.05, 3.63) is 68.1 Å². The molecule has 0 N–H and O–H groups in total. The minimum Gasteiger partial charge on any atom is -0.289 e. The SMILES string of the molecule is Cc1cc(C(=O)c2cccc(Cl)c2)cc(C)c1Br. The second-order valence-corrected chi connectivity index (χ2v) is 5.49. The van der Waals surface area contributed by atoms with Crippen LogP contribution in [0, 0.1) is 13.8 Å². The lowest BCUT2D eigenvalue weighted by molar-refractivity contribution is 0.103. The number of benzene rings is 2. The van der Waals surface area contributed by atoms with E-state index >= 15 is 0 Å². The molecule has 0 unspecified atom stereocenters. The Hall–Kier alpha value is -1.12. The van der Waals surface area contributed by atoms with Gasteiger partial charge in [-0.3, -0.25) is 4.79 Å². The highest BCUT2D eigenvalue weighted by atomic mass is 79.9. The molecule has 18 heavy (non-hydrogen) atoms. The average Bonchev–Trinajstić information content (AvgIpc) is 2.34. The van der Waals surface area contributed by atoms with Gasteiger partial charge >= 0.3 is 0 Å². The first-order chi connectivity index (χ1) is 8.49. The predicted octanol–water partition coefficient (Wildman–Crippen LogP) is 4.95. The summed E-state index contributed by atoms with van der Waals surface area (Å²) in [6, 6.07) is 10.8. The molecule has 0 fully saturated rings. The third-order valence-corrected chi connectivity index (χ3v) is 4.27. The first-order valence-electron chi connectivity index (χ1n) is 5.56. The van der Waals surface area contributed by atoms with Crippen LogP contribution in [0.4, 0.5) is 0 Å². The van der Waals surface area contributed by atoms with Crippen LogP contribution in [0.5, 0.6) is 0 Å². The van der Waals surface area contributed by atoms with E-state index in [-0.39, 0.29) is 5.78 Å². The van der Waals surface area contributed by atoms with Gasteiger partial charge in [-0.15, -0.1) is 0 Å². The topological polar surface area (TPSA) is 17.1 Å². The number of carbonyl (C=O) groups is 1. The first-order valence-corrected chi connectivity index (χ1v) is 6.73. The average molecular weight is 324 g/mol. The van der Waals surface area contributed by atoms with Crippen LogP contribution in [0.2, 0.25) is 5.02 Å². The van der Waals surface area contributed by atoms with E-state index in [1.54, 1.807) is 24.3 Å². The smallest absolute Gasteiger partial charge is 0.193 e. The molecule has 0 spiro atoms. The Morgan fingerprint density at radius 2 is 1.67 bits per heavy atom. The van der Waals surface area contributed by atoms with Crippen LogP contribution in [0.3, 0.4) is 0 Å². The van der Waals surface area contributed by atoms with Crippen molar-refractivity contribution in [2.45, 2.75) is 13.8 Å². The van der Waals surface area contributed by atoms with Gasteiger partial charge in [-0.1, -0.05) is 39.7 Å². The fourth-order valence-electron chi connectivity index (χ4n) is 1.87. The molecule has 92 valence electrons. The minimum absolute atomic E-state index is 0.00352. The van der Waals surface area contributed by atoms with Crippen LogP contribution >= 0.6 is 27.5 Å². The van der Waals surface area contributed by atoms with E-state index < -0.39 is 0 Å². The summed E-state index contributed by atoms with van der Waals surface area (Å²) in [7, 11) is 0. The molecule has 0 radical (unpaired) electrons. The van der Waals surface area contributed by atoms with Crippen molar-refractivity contribution in [2.75, 3.05) is 0 Å². The third kappa shape index (κ3) is 2.65. The summed E-state index contributed by atoms with van der Waals surface area (Å²) in [5.41, 5.74) is 3.42. The molecule has 0 saturated heterocycles. The van der Waals surface area contributed by atoms with Crippen LogP contribution in [-0.4, -0.2) is 5.78 Å². The van der Waals surface area contributed by atoms with E-state index in [2.05, 4.69) is 15.9 Å². The van der Waals surface area contributed by atoms with Crippen LogP contribution in [0.25, 0.3) is 0 Å². The number of ketones is 1. The number of hydrogen-bond acceptors (Lipinski definition) is 1. The molecule has 3 heteroatoms. The van der Waals surface area contributed by atoms with Crippen LogP contribution < -0.4 is 0 Å². The Morgan fingerprint density at radius 3 is 2.22 bits per heavy atom. The van der Waals surface area contributed by atoms with Crippen molar-refractivity contribution in [1.29, 1.82) is 0 Å². The number of halogens is 2. The molecular formula is C15H12BrClO. The Balaban J connectivity index is 2.47. The molecule has 2 aromatic carbocycles. The highest BCUT2D eigenvalue weighted by Gasteiger charge is 2.12. The monoisotopic (exact) mass is 322 g/mol. The number of aryl methyl sites for hydroxylation is 2. The van der Waals surface area contributed by atoms with Gasteiger partial charge in [0.05, 0.1) is 0 Å². The standard InChI is InChI=1S/C15H12BrClO/c1-9-6-12(7-10(2)14(9)16)15(18)11-4-3-5-13(17)8-11/h3-8H,1-2H3. The molecule has 0 aliphatic heterocycles. The molecule has 0 aliphatic carbocycles. The van der Waals surface area contributed by atoms with Crippen molar-refractivity contribution in [3.63, 3.8) is 0 Å². The van der Waals surface area contributed by atoms with Crippen LogP contribution in [0.15, 0.2) is 40.9 Å². The summed E-state index contributed by atoms with van der Waals surface area (Å²) < 4.78 is 1.05. The van der Waals surface area contributed by atoms with Crippen molar-refractivity contribution in [2.24, 2.45) is 0 Å². The van der Waals surface area contributed by atoms with E-state index in [4.69, 9.17) is 11.6 Å². The summed E-state index contributed by atoms with van der Waals surface area (Å²) in [5.74, 6) is -0.00352. The Morgan fingerprint density at radius 1 is 1.06 bits per heavy atom. The predicted molar refractivity (Wildman–Crippen MR) is 78.5 cm³/mol. The molecular weight excluding hydrogens is 312 g/mol. The van der Waals surface area contributed by atoms with Crippen LogP contribution in [0.1, 0.15) is 27.0 Å². The summed E-state index contributed by atoms with van der Waals surface area (Å²) in [6.07, 6.45) is 0. The number of carbonyl (C=O) groups excluding carboxylic acids is 1. The lowest BCUT2D eigenvalue weighted by Gasteiger charge is -2.07. The summed E-state index contributed by atoms with van der Waals surface area (Å²) >= 11 is 9.40. The van der Waals surface area contributed by atoms with Crippen molar-refractivity contribution in [3.8, 4) is 0 Å². The van der Waals surface area contributed by atoms with Gasteiger partial charge in [0.25, 0.3) is 0 Å². The second kappa shape index (κ2) is 5.25. The maximum Gasteiger partial charge on any atom is 0.193 e. The van der Waals surface area contributed by atoms with Crippen LogP contribution in [-0.2, 0) is 0 Å². The third-order valence-electron chi connectivity index (χ3n) is 2.79. The summed E-state index contributed by atoms with van der Waals surface area (Å²) in [5, 5.41) is 0.575. The highest BCUT2D eigenvalue weighted by molar-refractivity contribution is 9.10. The maximum absolute atomic E-state index is 12.3. The van der Waals surface area contributed by atoms with Crippen molar-refractivity contribution < 1.29 is 4.79 Å². The van der Waals surface area contributed by atoms with Crippen molar-refractivity contribution >= 4 is 33.3 Å². The van der Waals surface area contributed by atoms with Gasteiger partial charge < -0.3 is 0 Å². The molecule has 0 bridgehead atoms. The van der Waals surface area contributed by atoms with E-state index in [0.29, 0.717) is 16.1 Å². The lowest BCUT2D eigenvalue weighted by atomic mass is 9.99. The molecule has 2 rings (SSSR count). The van der Waals surface area contributed by atoms with E-state index in [0.717, 1.165) is 15.6 Å².